The third kappa shape index (κ3) is 2.64. The van der Waals surface area contributed by atoms with E-state index in [1.807, 2.05) is 0 Å². The summed E-state index contributed by atoms with van der Waals surface area (Å²) in [6.07, 6.45) is 3.75. The molecule has 5 nitrogen and oxygen atoms in total. The van der Waals surface area contributed by atoms with Crippen molar-refractivity contribution in [2.75, 3.05) is 25.1 Å². The van der Waals surface area contributed by atoms with E-state index in [0.717, 1.165) is 31.5 Å². The molecule has 7 heteroatoms. The van der Waals surface area contributed by atoms with E-state index in [2.05, 4.69) is 16.0 Å². The van der Waals surface area contributed by atoms with Gasteiger partial charge in [-0.05, 0) is 24.8 Å². The Kier molecular flexibility index (Phi) is 4.06. The van der Waals surface area contributed by atoms with Crippen molar-refractivity contribution in [3.8, 4) is 17.6 Å². The first-order chi connectivity index (χ1) is 12.1. The lowest BCUT2D eigenvalue weighted by Gasteiger charge is -2.39. The molecule has 1 aromatic heterocycles. The second-order valence-electron chi connectivity index (χ2n) is 6.18. The van der Waals surface area contributed by atoms with Gasteiger partial charge in [0, 0.05) is 41.5 Å². The SMILES string of the molecule is COc1cc(Cl)cc(C=Nc2sc3c(c2C#N)C2CCN3CC2)c1O. The number of hydrogen-bond acceptors (Lipinski definition) is 6. The number of hydrogen-bond donors (Lipinski definition) is 1. The van der Waals surface area contributed by atoms with Gasteiger partial charge in [-0.15, -0.1) is 0 Å². The first kappa shape index (κ1) is 16.2. The molecular formula is C18H16ClN3O2S. The third-order valence-electron chi connectivity index (χ3n) is 4.82. The summed E-state index contributed by atoms with van der Waals surface area (Å²) in [5.74, 6) is 0.748. The molecule has 128 valence electrons. The van der Waals surface area contributed by atoms with Crippen molar-refractivity contribution in [3.05, 3.63) is 33.8 Å². The fraction of sp³-hybridized carbons (Fsp3) is 0.333. The van der Waals surface area contributed by atoms with Crippen LogP contribution in [-0.4, -0.2) is 31.5 Å². The molecule has 0 saturated carbocycles. The maximum absolute atomic E-state index is 10.2. The first-order valence-electron chi connectivity index (χ1n) is 8.04. The lowest BCUT2D eigenvalue weighted by atomic mass is 9.84. The molecule has 2 bridgehead atoms. The zero-order valence-corrected chi connectivity index (χ0v) is 15.2. The smallest absolute Gasteiger partial charge is 0.166 e. The Morgan fingerprint density at radius 2 is 2.20 bits per heavy atom. The number of methoxy groups -OCH3 is 1. The maximum Gasteiger partial charge on any atom is 0.166 e. The Hall–Kier alpha value is -2.23. The number of fused-ring (bicyclic) bond motifs is 2. The standard InChI is InChI=1S/C18H16ClN3O2S/c1-24-14-7-12(19)6-11(16(14)23)9-21-17-13(8-20)15-10-2-4-22(5-3-10)18(15)25-17/h6-7,9-10,23H,2-5H2,1H3. The molecule has 0 atom stereocenters. The predicted octanol–water partition coefficient (Wildman–Crippen LogP) is 4.44. The fourth-order valence-electron chi connectivity index (χ4n) is 3.58. The number of aliphatic imine (C=N–C) groups is 1. The van der Waals surface area contributed by atoms with Crippen LogP contribution in [0.5, 0.6) is 11.5 Å². The zero-order chi connectivity index (χ0) is 17.6. The van der Waals surface area contributed by atoms with E-state index in [9.17, 15) is 10.4 Å². The highest BCUT2D eigenvalue weighted by Crippen LogP contribution is 2.52. The van der Waals surface area contributed by atoms with Crippen LogP contribution in [-0.2, 0) is 0 Å². The molecule has 3 aliphatic rings. The van der Waals surface area contributed by atoms with E-state index in [1.54, 1.807) is 29.7 Å². The predicted molar refractivity (Wildman–Crippen MR) is 100 cm³/mol. The number of ether oxygens (including phenoxy) is 1. The summed E-state index contributed by atoms with van der Waals surface area (Å²) in [6.45, 7) is 2.11. The molecule has 5 rings (SSSR count). The van der Waals surface area contributed by atoms with Crippen molar-refractivity contribution in [2.24, 2.45) is 4.99 Å². The molecule has 1 aromatic carbocycles. The Bertz CT molecular complexity index is 908. The molecular weight excluding hydrogens is 358 g/mol. The summed E-state index contributed by atoms with van der Waals surface area (Å²) in [5, 5.41) is 22.2. The third-order valence-corrected chi connectivity index (χ3v) is 6.21. The minimum atomic E-state index is -0.0145. The average Bonchev–Trinajstić information content (AvgIpc) is 3.03. The minimum Gasteiger partial charge on any atom is -0.504 e. The largest absolute Gasteiger partial charge is 0.504 e. The molecule has 0 spiro atoms. The van der Waals surface area contributed by atoms with Crippen molar-refractivity contribution in [3.63, 3.8) is 0 Å². The summed E-state index contributed by atoms with van der Waals surface area (Å²) in [6, 6.07) is 5.50. The molecule has 4 heterocycles. The van der Waals surface area contributed by atoms with E-state index < -0.39 is 0 Å². The Morgan fingerprint density at radius 3 is 2.88 bits per heavy atom. The quantitative estimate of drug-likeness (QED) is 0.808. The number of aromatic hydroxyl groups is 1. The number of piperidine rings is 1. The maximum atomic E-state index is 10.2. The number of nitrogens with zero attached hydrogens (tertiary/aromatic N) is 3. The highest BCUT2D eigenvalue weighted by Gasteiger charge is 2.36. The van der Waals surface area contributed by atoms with Crippen LogP contribution < -0.4 is 9.64 Å². The van der Waals surface area contributed by atoms with Crippen molar-refractivity contribution in [1.82, 2.24) is 0 Å². The summed E-state index contributed by atoms with van der Waals surface area (Å²) < 4.78 is 5.11. The van der Waals surface area contributed by atoms with Crippen LogP contribution in [0.25, 0.3) is 0 Å². The van der Waals surface area contributed by atoms with Gasteiger partial charge in [0.2, 0.25) is 0 Å². The molecule has 1 saturated heterocycles. The fourth-order valence-corrected chi connectivity index (χ4v) is 5.03. The van der Waals surface area contributed by atoms with E-state index in [4.69, 9.17) is 16.3 Å². The highest BCUT2D eigenvalue weighted by molar-refractivity contribution is 7.20. The molecule has 0 amide bonds. The Labute approximate surface area is 154 Å². The van der Waals surface area contributed by atoms with Gasteiger partial charge < -0.3 is 14.7 Å². The number of phenols is 1. The van der Waals surface area contributed by atoms with E-state index >= 15 is 0 Å². The van der Waals surface area contributed by atoms with E-state index in [0.29, 0.717) is 32.8 Å². The van der Waals surface area contributed by atoms with Crippen LogP contribution in [0.2, 0.25) is 5.02 Å². The van der Waals surface area contributed by atoms with Gasteiger partial charge in [0.1, 0.15) is 11.1 Å². The van der Waals surface area contributed by atoms with Crippen molar-refractivity contribution < 1.29 is 9.84 Å². The number of halogens is 1. The average molecular weight is 374 g/mol. The van der Waals surface area contributed by atoms with Gasteiger partial charge in [0.05, 0.1) is 17.7 Å². The summed E-state index contributed by atoms with van der Waals surface area (Å²) >= 11 is 7.61. The normalized spacial score (nSPS) is 16.3. The zero-order valence-electron chi connectivity index (χ0n) is 13.6. The second kappa shape index (κ2) is 6.25. The van der Waals surface area contributed by atoms with Crippen LogP contribution in [0.3, 0.4) is 0 Å². The second-order valence-corrected chi connectivity index (χ2v) is 7.59. The van der Waals surface area contributed by atoms with Gasteiger partial charge in [-0.1, -0.05) is 22.9 Å². The van der Waals surface area contributed by atoms with Gasteiger partial charge >= 0.3 is 0 Å². The Balaban J connectivity index is 1.76. The van der Waals surface area contributed by atoms with Crippen molar-refractivity contribution in [2.45, 2.75) is 18.8 Å². The van der Waals surface area contributed by atoms with Gasteiger partial charge in [-0.2, -0.15) is 5.26 Å². The molecule has 2 aromatic rings. The lowest BCUT2D eigenvalue weighted by Crippen LogP contribution is -2.37. The summed E-state index contributed by atoms with van der Waals surface area (Å²) in [5.41, 5.74) is 2.28. The Morgan fingerprint density at radius 1 is 1.44 bits per heavy atom. The lowest BCUT2D eigenvalue weighted by molar-refractivity contribution is 0.373. The highest BCUT2D eigenvalue weighted by atomic mass is 35.5. The number of nitriles is 1. The number of thiophene rings is 1. The number of benzene rings is 1. The van der Waals surface area contributed by atoms with E-state index in [1.165, 1.54) is 12.1 Å². The van der Waals surface area contributed by atoms with Crippen LogP contribution in [0.1, 0.15) is 35.4 Å². The van der Waals surface area contributed by atoms with E-state index in [-0.39, 0.29) is 5.75 Å². The molecule has 0 unspecified atom stereocenters. The first-order valence-corrected chi connectivity index (χ1v) is 9.24. The molecule has 1 fully saturated rings. The van der Waals surface area contributed by atoms with Gasteiger partial charge in [-0.3, -0.25) is 0 Å². The summed E-state index contributed by atoms with van der Waals surface area (Å²) in [4.78, 5) is 6.84. The molecule has 1 N–H and O–H groups in total. The molecule has 3 aliphatic heterocycles. The van der Waals surface area contributed by atoms with Crippen LogP contribution >= 0.6 is 22.9 Å². The van der Waals surface area contributed by atoms with Crippen LogP contribution in [0, 0.1) is 11.3 Å². The molecule has 0 radical (unpaired) electrons. The van der Waals surface area contributed by atoms with Crippen LogP contribution in [0.4, 0.5) is 10.0 Å². The van der Waals surface area contributed by atoms with Crippen molar-refractivity contribution >= 4 is 39.2 Å². The number of anilines is 1. The van der Waals surface area contributed by atoms with Gasteiger partial charge in [0.25, 0.3) is 0 Å². The number of rotatable bonds is 3. The molecule has 25 heavy (non-hydrogen) atoms. The summed E-state index contributed by atoms with van der Waals surface area (Å²) in [7, 11) is 1.47. The monoisotopic (exact) mass is 373 g/mol. The number of phenolic OH excluding ortho intramolecular Hbond substituents is 1. The van der Waals surface area contributed by atoms with Crippen molar-refractivity contribution in [1.29, 1.82) is 5.26 Å². The topological polar surface area (TPSA) is 68.8 Å². The van der Waals surface area contributed by atoms with Gasteiger partial charge in [0.15, 0.2) is 11.5 Å². The van der Waals surface area contributed by atoms with Gasteiger partial charge in [-0.25, -0.2) is 4.99 Å². The van der Waals surface area contributed by atoms with Crippen LogP contribution in [0.15, 0.2) is 17.1 Å². The minimum absolute atomic E-state index is 0.0145. The molecule has 0 aliphatic carbocycles.